The summed E-state index contributed by atoms with van der Waals surface area (Å²) in [5.74, 6) is 1.04. The van der Waals surface area contributed by atoms with E-state index in [2.05, 4.69) is 46.2 Å². The molecule has 0 N–H and O–H groups in total. The van der Waals surface area contributed by atoms with Crippen LogP contribution in [0.2, 0.25) is 5.02 Å². The first-order valence-electron chi connectivity index (χ1n) is 10.3. The molecule has 2 aromatic rings. The van der Waals surface area contributed by atoms with Crippen molar-refractivity contribution >= 4 is 22.9 Å². The molecule has 0 atom stereocenters. The number of halogens is 1. The number of ether oxygens (including phenoxy) is 1. The number of anilines is 1. The quantitative estimate of drug-likeness (QED) is 0.660. The van der Waals surface area contributed by atoms with Crippen LogP contribution in [-0.4, -0.2) is 44.7 Å². The van der Waals surface area contributed by atoms with Crippen LogP contribution in [0.1, 0.15) is 30.4 Å². The molecule has 1 aliphatic heterocycles. The topological polar surface area (TPSA) is 15.7 Å². The SMILES string of the molecule is COc1cccc2c1CCC=C2CCCN1CCN(c2cccc(Cl)c2)CC1. The highest BCUT2D eigenvalue weighted by atomic mass is 35.5. The van der Waals surface area contributed by atoms with Crippen LogP contribution in [0.3, 0.4) is 0 Å². The molecule has 1 aliphatic carbocycles. The Morgan fingerprint density at radius 2 is 1.86 bits per heavy atom. The minimum Gasteiger partial charge on any atom is -0.496 e. The van der Waals surface area contributed by atoms with Crippen LogP contribution in [0.5, 0.6) is 5.75 Å². The summed E-state index contributed by atoms with van der Waals surface area (Å²) in [6.45, 7) is 5.55. The molecular weight excluding hydrogens is 368 g/mol. The van der Waals surface area contributed by atoms with Gasteiger partial charge >= 0.3 is 0 Å². The molecule has 2 aromatic carbocycles. The van der Waals surface area contributed by atoms with Gasteiger partial charge in [-0.3, -0.25) is 4.90 Å². The van der Waals surface area contributed by atoms with Gasteiger partial charge in [-0.1, -0.05) is 35.9 Å². The fraction of sp³-hybridized carbons (Fsp3) is 0.417. The maximum atomic E-state index is 6.14. The predicted octanol–water partition coefficient (Wildman–Crippen LogP) is 5.28. The Labute approximate surface area is 173 Å². The third kappa shape index (κ3) is 4.37. The lowest BCUT2D eigenvalue weighted by molar-refractivity contribution is 0.256. The summed E-state index contributed by atoms with van der Waals surface area (Å²) in [7, 11) is 1.77. The van der Waals surface area contributed by atoms with Crippen molar-refractivity contribution < 1.29 is 4.74 Å². The van der Waals surface area contributed by atoms with Gasteiger partial charge in [0.05, 0.1) is 7.11 Å². The van der Waals surface area contributed by atoms with Crippen LogP contribution >= 0.6 is 11.6 Å². The van der Waals surface area contributed by atoms with E-state index >= 15 is 0 Å². The standard InChI is InChI=1S/C24H29ClN2O/c1-28-24-12-4-10-22-19(6-2-11-23(22)24)7-5-13-26-14-16-27(17-15-26)21-9-3-8-20(25)18-21/h3-4,6,8-10,12,18H,2,5,7,11,13-17H2,1H3. The Morgan fingerprint density at radius 1 is 1.04 bits per heavy atom. The molecule has 0 bridgehead atoms. The van der Waals surface area contributed by atoms with Gasteiger partial charge in [-0.25, -0.2) is 0 Å². The number of hydrogen-bond donors (Lipinski definition) is 0. The smallest absolute Gasteiger partial charge is 0.122 e. The van der Waals surface area contributed by atoms with Gasteiger partial charge in [0.1, 0.15) is 5.75 Å². The van der Waals surface area contributed by atoms with Gasteiger partial charge in [0.15, 0.2) is 0 Å². The maximum absolute atomic E-state index is 6.14. The number of allylic oxidation sites excluding steroid dienone is 2. The van der Waals surface area contributed by atoms with E-state index < -0.39 is 0 Å². The summed E-state index contributed by atoms with van der Waals surface area (Å²) in [5.41, 5.74) is 5.52. The molecule has 1 fully saturated rings. The van der Waals surface area contributed by atoms with Crippen LogP contribution < -0.4 is 9.64 Å². The summed E-state index contributed by atoms with van der Waals surface area (Å²) in [6.07, 6.45) is 7.00. The second-order valence-corrected chi connectivity index (χ2v) is 8.10. The fourth-order valence-electron chi connectivity index (χ4n) is 4.45. The van der Waals surface area contributed by atoms with Crippen molar-refractivity contribution in [2.45, 2.75) is 25.7 Å². The Kier molecular flexibility index (Phi) is 6.23. The van der Waals surface area contributed by atoms with Crippen LogP contribution in [0, 0.1) is 0 Å². The molecule has 1 saturated heterocycles. The van der Waals surface area contributed by atoms with Crippen molar-refractivity contribution in [3.8, 4) is 5.75 Å². The van der Waals surface area contributed by atoms with Crippen LogP contribution in [0.25, 0.3) is 5.57 Å². The summed E-state index contributed by atoms with van der Waals surface area (Å²) >= 11 is 6.14. The number of hydrogen-bond acceptors (Lipinski definition) is 3. The molecule has 0 saturated carbocycles. The molecular formula is C24H29ClN2O. The molecule has 2 aliphatic rings. The lowest BCUT2D eigenvalue weighted by atomic mass is 9.88. The van der Waals surface area contributed by atoms with E-state index in [-0.39, 0.29) is 0 Å². The first-order valence-corrected chi connectivity index (χ1v) is 10.7. The number of piperazine rings is 1. The molecule has 0 aromatic heterocycles. The number of rotatable bonds is 6. The zero-order valence-electron chi connectivity index (χ0n) is 16.7. The van der Waals surface area contributed by atoms with Crippen molar-refractivity contribution in [1.82, 2.24) is 4.90 Å². The van der Waals surface area contributed by atoms with Crippen LogP contribution in [-0.2, 0) is 6.42 Å². The second kappa shape index (κ2) is 9.02. The van der Waals surface area contributed by atoms with Gasteiger partial charge in [0.2, 0.25) is 0 Å². The Morgan fingerprint density at radius 3 is 2.64 bits per heavy atom. The van der Waals surface area contributed by atoms with E-state index in [4.69, 9.17) is 16.3 Å². The van der Waals surface area contributed by atoms with Crippen LogP contribution in [0.4, 0.5) is 5.69 Å². The first kappa shape index (κ1) is 19.4. The fourth-order valence-corrected chi connectivity index (χ4v) is 4.63. The highest BCUT2D eigenvalue weighted by Gasteiger charge is 2.19. The summed E-state index contributed by atoms with van der Waals surface area (Å²) in [6, 6.07) is 14.7. The number of methoxy groups -OCH3 is 1. The van der Waals surface area contributed by atoms with Crippen LogP contribution in [0.15, 0.2) is 48.5 Å². The van der Waals surface area contributed by atoms with E-state index in [1.54, 1.807) is 7.11 Å². The zero-order chi connectivity index (χ0) is 19.3. The Hall–Kier alpha value is -1.97. The van der Waals surface area contributed by atoms with Crippen molar-refractivity contribution in [2.75, 3.05) is 44.7 Å². The average molecular weight is 397 g/mol. The summed E-state index contributed by atoms with van der Waals surface area (Å²) in [5, 5.41) is 0.817. The molecule has 28 heavy (non-hydrogen) atoms. The molecule has 4 rings (SSSR count). The predicted molar refractivity (Wildman–Crippen MR) is 119 cm³/mol. The molecule has 0 amide bonds. The normalized spacial score (nSPS) is 17.2. The lowest BCUT2D eigenvalue weighted by Crippen LogP contribution is -2.46. The largest absolute Gasteiger partial charge is 0.496 e. The highest BCUT2D eigenvalue weighted by Crippen LogP contribution is 2.35. The monoisotopic (exact) mass is 396 g/mol. The van der Waals surface area contributed by atoms with Crippen molar-refractivity contribution in [1.29, 1.82) is 0 Å². The van der Waals surface area contributed by atoms with Gasteiger partial charge in [0.25, 0.3) is 0 Å². The molecule has 0 unspecified atom stereocenters. The minimum absolute atomic E-state index is 0.817. The number of fused-ring (bicyclic) bond motifs is 1. The molecule has 148 valence electrons. The van der Waals surface area contributed by atoms with E-state index in [1.807, 2.05) is 12.1 Å². The molecule has 0 spiro atoms. The second-order valence-electron chi connectivity index (χ2n) is 7.67. The van der Waals surface area contributed by atoms with Gasteiger partial charge in [-0.2, -0.15) is 0 Å². The van der Waals surface area contributed by atoms with E-state index in [1.165, 1.54) is 35.4 Å². The summed E-state index contributed by atoms with van der Waals surface area (Å²) in [4.78, 5) is 5.03. The van der Waals surface area contributed by atoms with Crippen molar-refractivity contribution in [3.63, 3.8) is 0 Å². The number of benzene rings is 2. The minimum atomic E-state index is 0.817. The molecule has 1 heterocycles. The number of nitrogens with zero attached hydrogens (tertiary/aromatic N) is 2. The van der Waals surface area contributed by atoms with E-state index in [0.29, 0.717) is 0 Å². The zero-order valence-corrected chi connectivity index (χ0v) is 17.4. The maximum Gasteiger partial charge on any atom is 0.122 e. The van der Waals surface area contributed by atoms with Crippen molar-refractivity contribution in [3.05, 3.63) is 64.7 Å². The van der Waals surface area contributed by atoms with E-state index in [0.717, 1.165) is 56.2 Å². The Bertz CT molecular complexity index is 840. The van der Waals surface area contributed by atoms with Gasteiger partial charge < -0.3 is 9.64 Å². The molecule has 0 radical (unpaired) electrons. The van der Waals surface area contributed by atoms with E-state index in [9.17, 15) is 0 Å². The first-order chi connectivity index (χ1) is 13.7. The third-order valence-electron chi connectivity index (χ3n) is 5.95. The van der Waals surface area contributed by atoms with Gasteiger partial charge in [-0.05, 0) is 67.6 Å². The van der Waals surface area contributed by atoms with Gasteiger partial charge in [0, 0.05) is 42.5 Å². The average Bonchev–Trinajstić information content (AvgIpc) is 2.74. The Balaban J connectivity index is 1.27. The molecule has 4 heteroatoms. The van der Waals surface area contributed by atoms with Gasteiger partial charge in [-0.15, -0.1) is 0 Å². The van der Waals surface area contributed by atoms with Crippen molar-refractivity contribution in [2.24, 2.45) is 0 Å². The summed E-state index contributed by atoms with van der Waals surface area (Å²) < 4.78 is 5.57. The lowest BCUT2D eigenvalue weighted by Gasteiger charge is -2.36. The highest BCUT2D eigenvalue weighted by molar-refractivity contribution is 6.30. The third-order valence-corrected chi connectivity index (χ3v) is 6.19. The molecule has 3 nitrogen and oxygen atoms in total.